The van der Waals surface area contributed by atoms with Crippen molar-refractivity contribution in [3.63, 3.8) is 0 Å². The lowest BCUT2D eigenvalue weighted by atomic mass is 10.2. The van der Waals surface area contributed by atoms with E-state index in [4.69, 9.17) is 4.74 Å². The normalized spacial score (nSPS) is 10.6. The number of aromatic nitrogens is 2. The van der Waals surface area contributed by atoms with Crippen LogP contribution < -0.4 is 4.74 Å². The maximum atomic E-state index is 12.1. The van der Waals surface area contributed by atoms with Gasteiger partial charge in [-0.15, -0.1) is 0 Å². The van der Waals surface area contributed by atoms with Crippen LogP contribution in [0, 0.1) is 6.92 Å². The smallest absolute Gasteiger partial charge is 0.160 e. The molecule has 2 aromatic rings. The molecule has 0 spiro atoms. The van der Waals surface area contributed by atoms with E-state index < -0.39 is 0 Å². The van der Waals surface area contributed by atoms with Gasteiger partial charge in [0.15, 0.2) is 5.75 Å². The summed E-state index contributed by atoms with van der Waals surface area (Å²) in [7, 11) is 0. The Kier molecular flexibility index (Phi) is 4.34. The van der Waals surface area contributed by atoms with E-state index in [0.717, 1.165) is 17.0 Å². The molecule has 18 heavy (non-hydrogen) atoms. The second kappa shape index (κ2) is 6.19. The predicted octanol–water partition coefficient (Wildman–Crippen LogP) is 3.13. The fourth-order valence-electron chi connectivity index (χ4n) is 1.74. The molecule has 3 nitrogen and oxygen atoms in total. The highest BCUT2D eigenvalue weighted by Crippen LogP contribution is 2.18. The molecule has 96 valence electrons. The fraction of sp³-hybridized carbons (Fsp3) is 0.357. The molecule has 0 aliphatic carbocycles. The third-order valence-corrected chi connectivity index (χ3v) is 2.80. The fourth-order valence-corrected chi connectivity index (χ4v) is 1.74. The Balaban J connectivity index is 1.95. The lowest BCUT2D eigenvalue weighted by Crippen LogP contribution is -2.03. The van der Waals surface area contributed by atoms with Crippen molar-refractivity contribution in [2.45, 2.75) is 26.5 Å². The van der Waals surface area contributed by atoms with E-state index in [1.165, 1.54) is 0 Å². The van der Waals surface area contributed by atoms with Crippen molar-refractivity contribution in [3.8, 4) is 5.75 Å². The zero-order valence-corrected chi connectivity index (χ0v) is 10.5. The lowest BCUT2D eigenvalue weighted by molar-refractivity contribution is 0.303. The highest BCUT2D eigenvalue weighted by atomic mass is 19.1. The van der Waals surface area contributed by atoms with Gasteiger partial charge in [0, 0.05) is 6.54 Å². The number of hydrogen-bond acceptors (Lipinski definition) is 2. The number of hydrogen-bond donors (Lipinski definition) is 0. The summed E-state index contributed by atoms with van der Waals surface area (Å²) in [6.45, 7) is 2.73. The first kappa shape index (κ1) is 12.6. The quantitative estimate of drug-likeness (QED) is 0.785. The number of ether oxygens (including phenoxy) is 1. The van der Waals surface area contributed by atoms with E-state index in [-0.39, 0.29) is 6.67 Å². The molecule has 0 saturated heterocycles. The Morgan fingerprint density at radius 1 is 1.28 bits per heavy atom. The van der Waals surface area contributed by atoms with E-state index in [0.29, 0.717) is 19.6 Å². The lowest BCUT2D eigenvalue weighted by Gasteiger charge is -2.06. The Morgan fingerprint density at radius 3 is 2.78 bits per heavy atom. The molecule has 1 aromatic heterocycles. The van der Waals surface area contributed by atoms with Crippen LogP contribution in [0.4, 0.5) is 4.39 Å². The van der Waals surface area contributed by atoms with Crippen LogP contribution in [0.1, 0.15) is 17.7 Å². The monoisotopic (exact) mass is 248 g/mol. The van der Waals surface area contributed by atoms with Crippen LogP contribution in [0.25, 0.3) is 0 Å². The highest BCUT2D eigenvalue weighted by Gasteiger charge is 2.07. The first-order valence-electron chi connectivity index (χ1n) is 6.06. The number of nitrogens with zero attached hydrogens (tertiary/aromatic N) is 2. The number of aryl methyl sites for hydroxylation is 1. The average Bonchev–Trinajstić information content (AvgIpc) is 2.76. The summed E-state index contributed by atoms with van der Waals surface area (Å²) in [6, 6.07) is 9.97. The molecule has 0 N–H and O–H groups in total. The van der Waals surface area contributed by atoms with Gasteiger partial charge >= 0.3 is 0 Å². The molecule has 0 unspecified atom stereocenters. The van der Waals surface area contributed by atoms with Gasteiger partial charge in [0.05, 0.1) is 18.6 Å². The third kappa shape index (κ3) is 3.09. The van der Waals surface area contributed by atoms with Gasteiger partial charge in [-0.1, -0.05) is 30.3 Å². The SMILES string of the molecule is Cc1c(OCc2ccccc2)cnn1CCCF. The summed E-state index contributed by atoms with van der Waals surface area (Å²) < 4.78 is 19.6. The number of halogens is 1. The van der Waals surface area contributed by atoms with Crippen LogP contribution in [0.2, 0.25) is 0 Å². The van der Waals surface area contributed by atoms with Crippen molar-refractivity contribution >= 4 is 0 Å². The third-order valence-electron chi connectivity index (χ3n) is 2.80. The zero-order chi connectivity index (χ0) is 12.8. The summed E-state index contributed by atoms with van der Waals surface area (Å²) in [6.07, 6.45) is 2.18. The van der Waals surface area contributed by atoms with Gasteiger partial charge < -0.3 is 4.74 Å². The van der Waals surface area contributed by atoms with E-state index in [1.807, 2.05) is 37.3 Å². The van der Waals surface area contributed by atoms with E-state index in [9.17, 15) is 4.39 Å². The van der Waals surface area contributed by atoms with Crippen molar-refractivity contribution in [2.75, 3.05) is 6.67 Å². The highest BCUT2D eigenvalue weighted by molar-refractivity contribution is 5.24. The molecule has 1 heterocycles. The second-order valence-electron chi connectivity index (χ2n) is 4.13. The molecule has 0 amide bonds. The number of benzene rings is 1. The van der Waals surface area contributed by atoms with Crippen molar-refractivity contribution in [1.82, 2.24) is 9.78 Å². The van der Waals surface area contributed by atoms with Gasteiger partial charge in [0.25, 0.3) is 0 Å². The van der Waals surface area contributed by atoms with E-state index in [1.54, 1.807) is 10.9 Å². The molecular formula is C14H17FN2O. The Labute approximate surface area is 106 Å². The standard InChI is InChI=1S/C14H17FN2O/c1-12-14(10-16-17(12)9-5-8-15)18-11-13-6-3-2-4-7-13/h2-4,6-7,10H,5,8-9,11H2,1H3. The maximum Gasteiger partial charge on any atom is 0.160 e. The van der Waals surface area contributed by atoms with Gasteiger partial charge in [-0.25, -0.2) is 0 Å². The van der Waals surface area contributed by atoms with Crippen LogP contribution in [0.15, 0.2) is 36.5 Å². The molecule has 0 radical (unpaired) electrons. The van der Waals surface area contributed by atoms with Crippen molar-refractivity contribution in [2.24, 2.45) is 0 Å². The van der Waals surface area contributed by atoms with Crippen molar-refractivity contribution in [1.29, 1.82) is 0 Å². The minimum atomic E-state index is -0.320. The molecule has 2 rings (SSSR count). The molecule has 0 bridgehead atoms. The summed E-state index contributed by atoms with van der Waals surface area (Å²) in [5.74, 6) is 0.762. The average molecular weight is 248 g/mol. The van der Waals surface area contributed by atoms with Gasteiger partial charge in [-0.3, -0.25) is 9.07 Å². The molecule has 0 aliphatic heterocycles. The summed E-state index contributed by atoms with van der Waals surface area (Å²) in [5, 5.41) is 4.19. The van der Waals surface area contributed by atoms with Gasteiger partial charge in [0.1, 0.15) is 6.61 Å². The number of rotatable bonds is 6. The summed E-state index contributed by atoms with van der Waals surface area (Å²) in [5.41, 5.74) is 2.06. The van der Waals surface area contributed by atoms with Crippen molar-refractivity contribution < 1.29 is 9.13 Å². The van der Waals surface area contributed by atoms with Gasteiger partial charge in [-0.05, 0) is 18.9 Å². The molecule has 1 aromatic carbocycles. The Morgan fingerprint density at radius 2 is 2.06 bits per heavy atom. The van der Waals surface area contributed by atoms with Crippen LogP contribution >= 0.6 is 0 Å². The molecule has 0 fully saturated rings. The predicted molar refractivity (Wildman–Crippen MR) is 68.3 cm³/mol. The van der Waals surface area contributed by atoms with Crippen LogP contribution in [0.3, 0.4) is 0 Å². The summed E-state index contributed by atoms with van der Waals surface area (Å²) >= 11 is 0. The Bertz CT molecular complexity index is 482. The maximum absolute atomic E-state index is 12.1. The Hall–Kier alpha value is -1.84. The van der Waals surface area contributed by atoms with Crippen LogP contribution in [0.5, 0.6) is 5.75 Å². The van der Waals surface area contributed by atoms with E-state index >= 15 is 0 Å². The van der Waals surface area contributed by atoms with Crippen LogP contribution in [-0.4, -0.2) is 16.5 Å². The first-order chi connectivity index (χ1) is 8.81. The molecule has 0 atom stereocenters. The largest absolute Gasteiger partial charge is 0.485 e. The topological polar surface area (TPSA) is 27.1 Å². The summed E-state index contributed by atoms with van der Waals surface area (Å²) in [4.78, 5) is 0. The minimum absolute atomic E-state index is 0.320. The minimum Gasteiger partial charge on any atom is -0.485 e. The van der Waals surface area contributed by atoms with Gasteiger partial charge in [-0.2, -0.15) is 5.10 Å². The first-order valence-corrected chi connectivity index (χ1v) is 6.06. The molecular weight excluding hydrogens is 231 g/mol. The number of alkyl halides is 1. The molecule has 4 heteroatoms. The van der Waals surface area contributed by atoms with Gasteiger partial charge in [0.2, 0.25) is 0 Å². The molecule has 0 saturated carbocycles. The zero-order valence-electron chi connectivity index (χ0n) is 10.5. The second-order valence-corrected chi connectivity index (χ2v) is 4.13. The van der Waals surface area contributed by atoms with Crippen molar-refractivity contribution in [3.05, 3.63) is 47.8 Å². The van der Waals surface area contributed by atoms with Crippen LogP contribution in [-0.2, 0) is 13.2 Å². The van der Waals surface area contributed by atoms with E-state index in [2.05, 4.69) is 5.10 Å². The molecule has 0 aliphatic rings.